The van der Waals surface area contributed by atoms with Gasteiger partial charge in [0.1, 0.15) is 5.75 Å². The molecule has 1 aromatic rings. The van der Waals surface area contributed by atoms with E-state index in [4.69, 9.17) is 0 Å². The molecule has 2 nitrogen and oxygen atoms in total. The van der Waals surface area contributed by atoms with Crippen LogP contribution in [0.5, 0.6) is 5.75 Å². The maximum absolute atomic E-state index is 10.0. The fraction of sp³-hybridized carbons (Fsp3) is 0.538. The summed E-state index contributed by atoms with van der Waals surface area (Å²) >= 11 is 3.42. The highest BCUT2D eigenvalue weighted by Gasteiger charge is 2.17. The lowest BCUT2D eigenvalue weighted by molar-refractivity contribution is 0.455. The summed E-state index contributed by atoms with van der Waals surface area (Å²) in [6, 6.07) is 4.14. The third-order valence-corrected chi connectivity index (χ3v) is 3.89. The zero-order valence-corrected chi connectivity index (χ0v) is 11.2. The first-order valence-electron chi connectivity index (χ1n) is 5.91. The summed E-state index contributed by atoms with van der Waals surface area (Å²) in [6.45, 7) is 4.33. The summed E-state index contributed by atoms with van der Waals surface area (Å²) in [5, 5.41) is 13.4. The number of aromatic hydroxyl groups is 1. The number of rotatable bonds is 3. The first-order valence-corrected chi connectivity index (χ1v) is 6.71. The Hall–Kier alpha value is -0.540. The predicted octanol–water partition coefficient (Wildman–Crippen LogP) is 2.87. The summed E-state index contributed by atoms with van der Waals surface area (Å²) < 4.78 is 0.827. The molecule has 1 unspecified atom stereocenters. The summed E-state index contributed by atoms with van der Waals surface area (Å²) in [7, 11) is 0. The summed E-state index contributed by atoms with van der Waals surface area (Å²) in [5.74, 6) is 1.09. The molecule has 0 aliphatic carbocycles. The zero-order valence-electron chi connectivity index (χ0n) is 9.59. The van der Waals surface area contributed by atoms with Crippen molar-refractivity contribution in [2.45, 2.75) is 26.2 Å². The lowest BCUT2D eigenvalue weighted by Crippen LogP contribution is -2.11. The average molecular weight is 284 g/mol. The van der Waals surface area contributed by atoms with Gasteiger partial charge < -0.3 is 10.4 Å². The van der Waals surface area contributed by atoms with Crippen LogP contribution in [0.15, 0.2) is 16.6 Å². The minimum atomic E-state index is 0.420. The lowest BCUT2D eigenvalue weighted by atomic mass is 9.96. The normalized spacial score (nSPS) is 20.2. The molecule has 0 saturated carbocycles. The number of benzene rings is 1. The van der Waals surface area contributed by atoms with E-state index in [-0.39, 0.29) is 0 Å². The SMILES string of the molecule is CCc1cc(Br)c(O)c(CC2CCNC2)c1. The molecule has 1 aliphatic heterocycles. The van der Waals surface area contributed by atoms with Crippen molar-refractivity contribution in [1.29, 1.82) is 0 Å². The van der Waals surface area contributed by atoms with E-state index in [1.54, 1.807) is 0 Å². The molecule has 1 aromatic carbocycles. The zero-order chi connectivity index (χ0) is 11.5. The highest BCUT2D eigenvalue weighted by molar-refractivity contribution is 9.10. The highest BCUT2D eigenvalue weighted by Crippen LogP contribution is 2.32. The van der Waals surface area contributed by atoms with E-state index in [0.717, 1.165) is 36.0 Å². The summed E-state index contributed by atoms with van der Waals surface area (Å²) in [5.41, 5.74) is 2.37. The molecule has 2 rings (SSSR count). The van der Waals surface area contributed by atoms with Crippen LogP contribution in [-0.4, -0.2) is 18.2 Å². The Morgan fingerprint density at radius 2 is 2.31 bits per heavy atom. The Bertz CT molecular complexity index is 372. The van der Waals surface area contributed by atoms with Crippen molar-refractivity contribution < 1.29 is 5.11 Å². The van der Waals surface area contributed by atoms with Crippen molar-refractivity contribution in [2.75, 3.05) is 13.1 Å². The molecule has 1 aliphatic rings. The standard InChI is InChI=1S/C13H18BrNO/c1-2-9-5-11(13(16)12(14)7-9)6-10-3-4-15-8-10/h5,7,10,15-16H,2-4,6,8H2,1H3. The number of nitrogens with one attached hydrogen (secondary N) is 1. The second kappa shape index (κ2) is 5.19. The van der Waals surface area contributed by atoms with Crippen LogP contribution in [0.25, 0.3) is 0 Å². The molecule has 2 N–H and O–H groups in total. The Labute approximate surface area is 105 Å². The van der Waals surface area contributed by atoms with Gasteiger partial charge >= 0.3 is 0 Å². The molecule has 0 spiro atoms. The van der Waals surface area contributed by atoms with Crippen LogP contribution in [0.4, 0.5) is 0 Å². The van der Waals surface area contributed by atoms with Crippen LogP contribution in [0, 0.1) is 5.92 Å². The van der Waals surface area contributed by atoms with Gasteiger partial charge in [-0.05, 0) is 71.4 Å². The van der Waals surface area contributed by atoms with Gasteiger partial charge in [-0.25, -0.2) is 0 Å². The number of phenolic OH excluding ortho intramolecular Hbond substituents is 1. The van der Waals surface area contributed by atoms with Gasteiger partial charge in [-0.1, -0.05) is 13.0 Å². The molecule has 0 radical (unpaired) electrons. The molecule has 1 saturated heterocycles. The van der Waals surface area contributed by atoms with E-state index in [2.05, 4.69) is 34.2 Å². The monoisotopic (exact) mass is 283 g/mol. The molecule has 1 atom stereocenters. The van der Waals surface area contributed by atoms with Crippen LogP contribution in [0.2, 0.25) is 0 Å². The number of halogens is 1. The van der Waals surface area contributed by atoms with Crippen molar-refractivity contribution in [1.82, 2.24) is 5.32 Å². The van der Waals surface area contributed by atoms with Crippen molar-refractivity contribution in [3.8, 4) is 5.75 Å². The molecule has 0 amide bonds. The van der Waals surface area contributed by atoms with Crippen LogP contribution in [0.3, 0.4) is 0 Å². The molecular formula is C13H18BrNO. The van der Waals surface area contributed by atoms with E-state index in [0.29, 0.717) is 11.7 Å². The van der Waals surface area contributed by atoms with Gasteiger partial charge in [-0.3, -0.25) is 0 Å². The fourth-order valence-electron chi connectivity index (χ4n) is 2.28. The quantitative estimate of drug-likeness (QED) is 0.894. The second-order valence-electron chi connectivity index (χ2n) is 4.50. The minimum absolute atomic E-state index is 0.420. The molecule has 0 bridgehead atoms. The smallest absolute Gasteiger partial charge is 0.132 e. The summed E-state index contributed by atoms with van der Waals surface area (Å²) in [6.07, 6.45) is 3.20. The van der Waals surface area contributed by atoms with Gasteiger partial charge in [0.05, 0.1) is 4.47 Å². The molecule has 0 aromatic heterocycles. The maximum Gasteiger partial charge on any atom is 0.132 e. The number of hydrogen-bond acceptors (Lipinski definition) is 2. The number of aryl methyl sites for hydroxylation is 1. The Morgan fingerprint density at radius 1 is 1.50 bits per heavy atom. The van der Waals surface area contributed by atoms with Crippen molar-refractivity contribution in [2.24, 2.45) is 5.92 Å². The van der Waals surface area contributed by atoms with Gasteiger partial charge in [0, 0.05) is 0 Å². The van der Waals surface area contributed by atoms with Crippen LogP contribution < -0.4 is 5.32 Å². The molecule has 1 heterocycles. The van der Waals surface area contributed by atoms with Crippen LogP contribution >= 0.6 is 15.9 Å². The van der Waals surface area contributed by atoms with E-state index in [9.17, 15) is 5.11 Å². The van der Waals surface area contributed by atoms with Gasteiger partial charge in [0.25, 0.3) is 0 Å². The predicted molar refractivity (Wildman–Crippen MR) is 69.9 cm³/mol. The lowest BCUT2D eigenvalue weighted by Gasteiger charge is -2.12. The van der Waals surface area contributed by atoms with E-state index >= 15 is 0 Å². The molecule has 88 valence electrons. The van der Waals surface area contributed by atoms with Crippen molar-refractivity contribution in [3.05, 3.63) is 27.7 Å². The second-order valence-corrected chi connectivity index (χ2v) is 5.36. The number of phenols is 1. The van der Waals surface area contributed by atoms with Gasteiger partial charge in [0.2, 0.25) is 0 Å². The van der Waals surface area contributed by atoms with E-state index < -0.39 is 0 Å². The fourth-order valence-corrected chi connectivity index (χ4v) is 2.83. The topological polar surface area (TPSA) is 32.3 Å². The first kappa shape index (κ1) is 11.9. The minimum Gasteiger partial charge on any atom is -0.506 e. The van der Waals surface area contributed by atoms with E-state index in [1.165, 1.54) is 12.0 Å². The average Bonchev–Trinajstić information content (AvgIpc) is 2.77. The van der Waals surface area contributed by atoms with Crippen LogP contribution in [-0.2, 0) is 12.8 Å². The number of hydrogen-bond donors (Lipinski definition) is 2. The van der Waals surface area contributed by atoms with Gasteiger partial charge in [0.15, 0.2) is 0 Å². The summed E-state index contributed by atoms with van der Waals surface area (Å²) in [4.78, 5) is 0. The largest absolute Gasteiger partial charge is 0.506 e. The third kappa shape index (κ3) is 2.58. The van der Waals surface area contributed by atoms with Gasteiger partial charge in [-0.2, -0.15) is 0 Å². The molecular weight excluding hydrogens is 266 g/mol. The Balaban J connectivity index is 2.20. The van der Waals surface area contributed by atoms with Crippen molar-refractivity contribution in [3.63, 3.8) is 0 Å². The van der Waals surface area contributed by atoms with E-state index in [1.807, 2.05) is 6.07 Å². The van der Waals surface area contributed by atoms with Gasteiger partial charge in [-0.15, -0.1) is 0 Å². The molecule has 3 heteroatoms. The Kier molecular flexibility index (Phi) is 3.87. The Morgan fingerprint density at radius 3 is 2.94 bits per heavy atom. The molecule has 16 heavy (non-hydrogen) atoms. The highest BCUT2D eigenvalue weighted by atomic mass is 79.9. The van der Waals surface area contributed by atoms with Crippen LogP contribution in [0.1, 0.15) is 24.5 Å². The third-order valence-electron chi connectivity index (χ3n) is 3.28. The first-order chi connectivity index (χ1) is 7.70. The maximum atomic E-state index is 10.0. The van der Waals surface area contributed by atoms with Crippen molar-refractivity contribution >= 4 is 15.9 Å². The molecule has 1 fully saturated rings.